The molecule has 0 aliphatic carbocycles. The average molecular weight is 309 g/mol. The number of imidazole rings is 1. The molecule has 0 N–H and O–H groups in total. The van der Waals surface area contributed by atoms with Crippen LogP contribution in [0.2, 0.25) is 5.02 Å². The highest BCUT2D eigenvalue weighted by atomic mass is 35.5. The van der Waals surface area contributed by atoms with Gasteiger partial charge in [0.25, 0.3) is 0 Å². The molecule has 2 aromatic heterocycles. The van der Waals surface area contributed by atoms with E-state index in [1.807, 2.05) is 35.0 Å². The molecule has 0 saturated carbocycles. The summed E-state index contributed by atoms with van der Waals surface area (Å²) in [5.41, 5.74) is 2.50. The topological polar surface area (TPSA) is 54.5 Å². The Balaban J connectivity index is 1.80. The third-order valence-corrected chi connectivity index (χ3v) is 3.64. The summed E-state index contributed by atoms with van der Waals surface area (Å²) >= 11 is 5.90. The van der Waals surface area contributed by atoms with Crippen molar-refractivity contribution in [2.75, 3.05) is 0 Å². The van der Waals surface area contributed by atoms with Gasteiger partial charge in [-0.3, -0.25) is 4.98 Å². The molecule has 0 spiro atoms. The molecule has 3 rings (SSSR count). The molecule has 22 heavy (non-hydrogen) atoms. The van der Waals surface area contributed by atoms with E-state index in [4.69, 9.17) is 16.9 Å². The minimum atomic E-state index is 0.581. The Morgan fingerprint density at radius 3 is 2.68 bits per heavy atom. The standard InChI is InChI=1S/C17H13ClN4/c18-15-3-1-13(2-4-15)6-9-22-10-8-21-17(22)16-11-14(12-19)5-7-20-16/h1-5,7-8,10-11H,6,9H2. The monoisotopic (exact) mass is 308 g/mol. The summed E-state index contributed by atoms with van der Waals surface area (Å²) < 4.78 is 2.04. The summed E-state index contributed by atoms with van der Waals surface area (Å²) in [5.74, 6) is 0.770. The van der Waals surface area contributed by atoms with Gasteiger partial charge in [-0.2, -0.15) is 5.26 Å². The lowest BCUT2D eigenvalue weighted by Gasteiger charge is -2.08. The summed E-state index contributed by atoms with van der Waals surface area (Å²) in [4.78, 5) is 8.66. The van der Waals surface area contributed by atoms with Gasteiger partial charge in [-0.1, -0.05) is 23.7 Å². The Hall–Kier alpha value is -2.64. The van der Waals surface area contributed by atoms with Gasteiger partial charge >= 0.3 is 0 Å². The molecule has 0 amide bonds. The first-order valence-electron chi connectivity index (χ1n) is 6.88. The molecule has 0 bridgehead atoms. The van der Waals surface area contributed by atoms with Crippen LogP contribution in [-0.2, 0) is 13.0 Å². The van der Waals surface area contributed by atoms with Gasteiger partial charge in [0.1, 0.15) is 5.69 Å². The molecular formula is C17H13ClN4. The Kier molecular flexibility index (Phi) is 4.17. The molecule has 4 nitrogen and oxygen atoms in total. The maximum atomic E-state index is 8.99. The Morgan fingerprint density at radius 1 is 1.09 bits per heavy atom. The summed E-state index contributed by atoms with van der Waals surface area (Å²) in [6.45, 7) is 0.787. The van der Waals surface area contributed by atoms with Crippen LogP contribution in [0.15, 0.2) is 55.0 Å². The van der Waals surface area contributed by atoms with Gasteiger partial charge in [0, 0.05) is 30.2 Å². The zero-order chi connectivity index (χ0) is 15.4. The number of halogens is 1. The SMILES string of the molecule is N#Cc1ccnc(-c2nccn2CCc2ccc(Cl)cc2)c1. The van der Waals surface area contributed by atoms with E-state index in [0.717, 1.165) is 23.8 Å². The van der Waals surface area contributed by atoms with Crippen molar-refractivity contribution in [3.05, 3.63) is 71.1 Å². The van der Waals surface area contributed by atoms with Gasteiger partial charge in [-0.15, -0.1) is 0 Å². The van der Waals surface area contributed by atoms with Crippen molar-refractivity contribution in [2.45, 2.75) is 13.0 Å². The molecule has 0 fully saturated rings. The van der Waals surface area contributed by atoms with Crippen molar-refractivity contribution in [2.24, 2.45) is 0 Å². The lowest BCUT2D eigenvalue weighted by molar-refractivity contribution is 0.701. The maximum absolute atomic E-state index is 8.99. The van der Waals surface area contributed by atoms with Crippen molar-refractivity contribution < 1.29 is 0 Å². The second kappa shape index (κ2) is 6.42. The number of nitriles is 1. The van der Waals surface area contributed by atoms with E-state index in [-0.39, 0.29) is 0 Å². The van der Waals surface area contributed by atoms with Crippen LogP contribution < -0.4 is 0 Å². The summed E-state index contributed by atoms with van der Waals surface area (Å²) in [6.07, 6.45) is 6.18. The van der Waals surface area contributed by atoms with Gasteiger partial charge in [-0.05, 0) is 36.2 Å². The van der Waals surface area contributed by atoms with E-state index in [0.29, 0.717) is 11.3 Å². The molecule has 2 heterocycles. The van der Waals surface area contributed by atoms with Crippen molar-refractivity contribution in [3.8, 4) is 17.6 Å². The second-order valence-corrected chi connectivity index (χ2v) is 5.30. The molecule has 3 aromatic rings. The van der Waals surface area contributed by atoms with Crippen molar-refractivity contribution >= 4 is 11.6 Å². The molecule has 0 aliphatic rings. The van der Waals surface area contributed by atoms with Crippen LogP contribution in [-0.4, -0.2) is 14.5 Å². The van der Waals surface area contributed by atoms with E-state index in [1.54, 1.807) is 24.5 Å². The smallest absolute Gasteiger partial charge is 0.158 e. The molecule has 0 radical (unpaired) electrons. The van der Waals surface area contributed by atoms with Gasteiger partial charge in [0.05, 0.1) is 11.6 Å². The first-order chi connectivity index (χ1) is 10.8. The third kappa shape index (κ3) is 3.16. The second-order valence-electron chi connectivity index (χ2n) is 4.86. The highest BCUT2D eigenvalue weighted by Gasteiger charge is 2.08. The Morgan fingerprint density at radius 2 is 1.91 bits per heavy atom. The molecule has 5 heteroatoms. The third-order valence-electron chi connectivity index (χ3n) is 3.39. The summed E-state index contributed by atoms with van der Waals surface area (Å²) in [7, 11) is 0. The van der Waals surface area contributed by atoms with Gasteiger partial charge in [0.2, 0.25) is 0 Å². The molecule has 1 aromatic carbocycles. The molecule has 0 unspecified atom stereocenters. The summed E-state index contributed by atoms with van der Waals surface area (Å²) in [5, 5.41) is 9.73. The van der Waals surface area contributed by atoms with Crippen LogP contribution >= 0.6 is 11.6 Å². The minimum absolute atomic E-state index is 0.581. The average Bonchev–Trinajstić information content (AvgIpc) is 3.03. The van der Waals surface area contributed by atoms with Crippen LogP contribution in [0.5, 0.6) is 0 Å². The van der Waals surface area contributed by atoms with Crippen LogP contribution in [0.25, 0.3) is 11.5 Å². The van der Waals surface area contributed by atoms with Gasteiger partial charge in [0.15, 0.2) is 5.82 Å². The number of hydrogen-bond acceptors (Lipinski definition) is 3. The lowest BCUT2D eigenvalue weighted by Crippen LogP contribution is -2.03. The minimum Gasteiger partial charge on any atom is -0.329 e. The maximum Gasteiger partial charge on any atom is 0.158 e. The zero-order valence-electron chi connectivity index (χ0n) is 11.8. The molecular weight excluding hydrogens is 296 g/mol. The van der Waals surface area contributed by atoms with Crippen LogP contribution in [0.1, 0.15) is 11.1 Å². The van der Waals surface area contributed by atoms with E-state index >= 15 is 0 Å². The number of hydrogen-bond donors (Lipinski definition) is 0. The van der Waals surface area contributed by atoms with Gasteiger partial charge in [-0.25, -0.2) is 4.98 Å². The number of pyridine rings is 1. The normalized spacial score (nSPS) is 10.4. The van der Waals surface area contributed by atoms with Crippen LogP contribution in [0.4, 0.5) is 0 Å². The number of aromatic nitrogens is 3. The number of benzene rings is 1. The largest absolute Gasteiger partial charge is 0.329 e. The number of rotatable bonds is 4. The van der Waals surface area contributed by atoms with Gasteiger partial charge < -0.3 is 4.57 Å². The lowest BCUT2D eigenvalue weighted by atomic mass is 10.1. The van der Waals surface area contributed by atoms with E-state index < -0.39 is 0 Å². The molecule has 0 atom stereocenters. The van der Waals surface area contributed by atoms with Crippen molar-refractivity contribution in [3.63, 3.8) is 0 Å². The predicted molar refractivity (Wildman–Crippen MR) is 85.3 cm³/mol. The Bertz CT molecular complexity index is 815. The first-order valence-corrected chi connectivity index (χ1v) is 7.26. The first kappa shape index (κ1) is 14.3. The zero-order valence-corrected chi connectivity index (χ0v) is 12.5. The van der Waals surface area contributed by atoms with Crippen LogP contribution in [0.3, 0.4) is 0 Å². The highest BCUT2D eigenvalue weighted by Crippen LogP contribution is 2.17. The van der Waals surface area contributed by atoms with Crippen molar-refractivity contribution in [1.82, 2.24) is 14.5 Å². The quantitative estimate of drug-likeness (QED) is 0.738. The Labute approximate surface area is 133 Å². The molecule has 0 saturated heterocycles. The fourth-order valence-corrected chi connectivity index (χ4v) is 2.37. The fourth-order valence-electron chi connectivity index (χ4n) is 2.25. The van der Waals surface area contributed by atoms with Crippen molar-refractivity contribution in [1.29, 1.82) is 5.26 Å². The van der Waals surface area contributed by atoms with E-state index in [1.165, 1.54) is 5.56 Å². The molecule has 0 aliphatic heterocycles. The van der Waals surface area contributed by atoms with Crippen LogP contribution in [0, 0.1) is 11.3 Å². The highest BCUT2D eigenvalue weighted by molar-refractivity contribution is 6.30. The fraction of sp³-hybridized carbons (Fsp3) is 0.118. The van der Waals surface area contributed by atoms with E-state index in [9.17, 15) is 0 Å². The molecule has 108 valence electrons. The predicted octanol–water partition coefficient (Wildman–Crippen LogP) is 3.71. The summed E-state index contributed by atoms with van der Waals surface area (Å²) in [6, 6.07) is 13.4. The number of nitrogens with zero attached hydrogens (tertiary/aromatic N) is 4. The van der Waals surface area contributed by atoms with E-state index in [2.05, 4.69) is 16.0 Å². The number of aryl methyl sites for hydroxylation is 2.